The van der Waals surface area contributed by atoms with Crippen molar-refractivity contribution in [3.8, 4) is 0 Å². The van der Waals surface area contributed by atoms with Crippen LogP contribution in [0.1, 0.15) is 18.4 Å². The molecule has 0 aliphatic carbocycles. The smallest absolute Gasteiger partial charge is 0.303 e. The average molecular weight is 293 g/mol. The molecule has 1 N–H and O–H groups in total. The van der Waals surface area contributed by atoms with Crippen LogP contribution in [-0.4, -0.2) is 40.7 Å². The molecule has 1 saturated heterocycles. The highest BCUT2D eigenvalue weighted by molar-refractivity contribution is 8.00. The van der Waals surface area contributed by atoms with E-state index in [0.717, 1.165) is 11.3 Å². The second-order valence-electron chi connectivity index (χ2n) is 5.19. The third kappa shape index (κ3) is 4.27. The van der Waals surface area contributed by atoms with Gasteiger partial charge in [-0.2, -0.15) is 0 Å². The van der Waals surface area contributed by atoms with Gasteiger partial charge in [0.2, 0.25) is 5.91 Å². The molecule has 0 radical (unpaired) electrons. The third-order valence-electron chi connectivity index (χ3n) is 3.49. The van der Waals surface area contributed by atoms with Gasteiger partial charge >= 0.3 is 5.97 Å². The van der Waals surface area contributed by atoms with Gasteiger partial charge in [0.05, 0.1) is 5.75 Å². The van der Waals surface area contributed by atoms with Crippen molar-refractivity contribution in [1.29, 1.82) is 0 Å². The van der Waals surface area contributed by atoms with Crippen LogP contribution in [0.25, 0.3) is 0 Å². The van der Waals surface area contributed by atoms with Gasteiger partial charge in [0, 0.05) is 24.4 Å². The predicted octanol–water partition coefficient (Wildman–Crippen LogP) is 2.41. The molecule has 5 heteroatoms. The van der Waals surface area contributed by atoms with Crippen molar-refractivity contribution in [1.82, 2.24) is 4.90 Å². The molecule has 1 aliphatic heterocycles. The van der Waals surface area contributed by atoms with Gasteiger partial charge in [0.25, 0.3) is 0 Å². The average Bonchev–Trinajstić information content (AvgIpc) is 2.85. The molecule has 0 spiro atoms. The Labute approximate surface area is 123 Å². The van der Waals surface area contributed by atoms with Gasteiger partial charge in [-0.1, -0.05) is 17.7 Å². The minimum Gasteiger partial charge on any atom is -0.481 e. The molecule has 1 amide bonds. The Balaban J connectivity index is 1.78. The molecule has 1 atom stereocenters. The lowest BCUT2D eigenvalue weighted by Crippen LogP contribution is -2.30. The molecule has 1 heterocycles. The number of nitrogens with zero attached hydrogens (tertiary/aromatic N) is 1. The normalized spacial score (nSPS) is 18.2. The zero-order chi connectivity index (χ0) is 14.5. The molecule has 2 rings (SSSR count). The van der Waals surface area contributed by atoms with E-state index in [9.17, 15) is 9.59 Å². The van der Waals surface area contributed by atoms with Gasteiger partial charge < -0.3 is 10.0 Å². The summed E-state index contributed by atoms with van der Waals surface area (Å²) in [4.78, 5) is 25.6. The Morgan fingerprint density at radius 3 is 2.70 bits per heavy atom. The molecule has 1 aliphatic rings. The lowest BCUT2D eigenvalue weighted by molar-refractivity contribution is -0.138. The molecule has 4 nitrogen and oxygen atoms in total. The molecule has 1 aromatic rings. The van der Waals surface area contributed by atoms with Crippen LogP contribution in [0.2, 0.25) is 0 Å². The van der Waals surface area contributed by atoms with Gasteiger partial charge in [-0.05, 0) is 31.4 Å². The summed E-state index contributed by atoms with van der Waals surface area (Å²) in [5.41, 5.74) is 1.21. The summed E-state index contributed by atoms with van der Waals surface area (Å²) in [7, 11) is 0. The summed E-state index contributed by atoms with van der Waals surface area (Å²) in [6.07, 6.45) is 0.960. The van der Waals surface area contributed by atoms with Gasteiger partial charge in [-0.3, -0.25) is 9.59 Å². The lowest BCUT2D eigenvalue weighted by Gasteiger charge is -2.16. The van der Waals surface area contributed by atoms with Crippen LogP contribution >= 0.6 is 11.8 Å². The van der Waals surface area contributed by atoms with Gasteiger partial charge in [-0.15, -0.1) is 11.8 Å². The van der Waals surface area contributed by atoms with Crippen LogP contribution in [-0.2, 0) is 9.59 Å². The fourth-order valence-electron chi connectivity index (χ4n) is 2.34. The standard InChI is InChI=1S/C15H19NO3S/c1-11-2-4-13(5-3-11)20-10-14(17)16-7-6-12(9-16)8-15(18)19/h2-5,12H,6-10H2,1H3,(H,18,19). The monoisotopic (exact) mass is 293 g/mol. The van der Waals surface area contributed by atoms with Crippen LogP contribution < -0.4 is 0 Å². The number of benzene rings is 1. The number of likely N-dealkylation sites (tertiary alicyclic amines) is 1. The Hall–Kier alpha value is -1.49. The van der Waals surface area contributed by atoms with E-state index in [-0.39, 0.29) is 18.2 Å². The van der Waals surface area contributed by atoms with E-state index in [1.54, 1.807) is 4.90 Å². The summed E-state index contributed by atoms with van der Waals surface area (Å²) in [5, 5.41) is 8.77. The molecule has 1 fully saturated rings. The summed E-state index contributed by atoms with van der Waals surface area (Å²) in [6.45, 7) is 3.30. The van der Waals surface area contributed by atoms with Crippen LogP contribution in [0.5, 0.6) is 0 Å². The zero-order valence-corrected chi connectivity index (χ0v) is 12.4. The molecule has 108 valence electrons. The van der Waals surface area contributed by atoms with Gasteiger partial charge in [0.15, 0.2) is 0 Å². The summed E-state index contributed by atoms with van der Waals surface area (Å²) >= 11 is 1.53. The third-order valence-corrected chi connectivity index (χ3v) is 4.48. The largest absolute Gasteiger partial charge is 0.481 e. The van der Waals surface area contributed by atoms with E-state index in [1.165, 1.54) is 17.3 Å². The molecule has 0 aromatic heterocycles. The van der Waals surface area contributed by atoms with E-state index >= 15 is 0 Å². The number of amides is 1. The van der Waals surface area contributed by atoms with E-state index in [2.05, 4.69) is 0 Å². The molecular formula is C15H19NO3S. The molecule has 20 heavy (non-hydrogen) atoms. The topological polar surface area (TPSA) is 57.6 Å². The van der Waals surface area contributed by atoms with Crippen molar-refractivity contribution >= 4 is 23.6 Å². The Kier molecular flexibility index (Phi) is 5.06. The molecular weight excluding hydrogens is 274 g/mol. The minimum absolute atomic E-state index is 0.100. The number of carboxylic acids is 1. The minimum atomic E-state index is -0.779. The van der Waals surface area contributed by atoms with E-state index in [1.807, 2.05) is 31.2 Å². The quantitative estimate of drug-likeness (QED) is 0.847. The summed E-state index contributed by atoms with van der Waals surface area (Å²) in [6, 6.07) is 8.10. The van der Waals surface area contributed by atoms with E-state index in [0.29, 0.717) is 18.8 Å². The number of rotatable bonds is 5. The maximum atomic E-state index is 12.1. The van der Waals surface area contributed by atoms with Crippen molar-refractivity contribution in [3.05, 3.63) is 29.8 Å². The fraction of sp³-hybridized carbons (Fsp3) is 0.467. The number of hydrogen-bond donors (Lipinski definition) is 1. The maximum Gasteiger partial charge on any atom is 0.303 e. The molecule has 0 saturated carbocycles. The second-order valence-corrected chi connectivity index (χ2v) is 6.24. The number of thioether (sulfide) groups is 1. The first-order valence-corrected chi connectivity index (χ1v) is 7.72. The SMILES string of the molecule is Cc1ccc(SCC(=O)N2CCC(CC(=O)O)C2)cc1. The van der Waals surface area contributed by atoms with Crippen molar-refractivity contribution < 1.29 is 14.7 Å². The zero-order valence-electron chi connectivity index (χ0n) is 11.5. The summed E-state index contributed by atoms with van der Waals surface area (Å²) in [5.74, 6) is -0.148. The number of carbonyl (C=O) groups is 2. The second kappa shape index (κ2) is 6.79. The van der Waals surface area contributed by atoms with Crippen LogP contribution in [0.4, 0.5) is 0 Å². The molecule has 0 bridgehead atoms. The van der Waals surface area contributed by atoms with E-state index < -0.39 is 5.97 Å². The number of aliphatic carboxylic acids is 1. The first-order chi connectivity index (χ1) is 9.54. The summed E-state index contributed by atoms with van der Waals surface area (Å²) < 4.78 is 0. The van der Waals surface area contributed by atoms with Crippen LogP contribution in [0.3, 0.4) is 0 Å². The van der Waals surface area contributed by atoms with Gasteiger partial charge in [0.1, 0.15) is 0 Å². The first kappa shape index (κ1) is 14.9. The van der Waals surface area contributed by atoms with Crippen LogP contribution in [0.15, 0.2) is 29.2 Å². The van der Waals surface area contributed by atoms with Crippen LogP contribution in [0, 0.1) is 12.8 Å². The number of carboxylic acid groups (broad SMARTS) is 1. The number of carbonyl (C=O) groups excluding carboxylic acids is 1. The number of aryl methyl sites for hydroxylation is 1. The fourth-order valence-corrected chi connectivity index (χ4v) is 3.14. The van der Waals surface area contributed by atoms with Crippen molar-refractivity contribution in [3.63, 3.8) is 0 Å². The Morgan fingerprint density at radius 2 is 2.05 bits per heavy atom. The van der Waals surface area contributed by atoms with Gasteiger partial charge in [-0.25, -0.2) is 0 Å². The number of hydrogen-bond acceptors (Lipinski definition) is 3. The predicted molar refractivity (Wildman–Crippen MR) is 78.8 cm³/mol. The molecule has 1 aromatic carbocycles. The highest BCUT2D eigenvalue weighted by Gasteiger charge is 2.27. The van der Waals surface area contributed by atoms with E-state index in [4.69, 9.17) is 5.11 Å². The first-order valence-electron chi connectivity index (χ1n) is 6.73. The lowest BCUT2D eigenvalue weighted by atomic mass is 10.1. The highest BCUT2D eigenvalue weighted by Crippen LogP contribution is 2.23. The Bertz CT molecular complexity index is 486. The van der Waals surface area contributed by atoms with Crippen molar-refractivity contribution in [2.24, 2.45) is 5.92 Å². The Morgan fingerprint density at radius 1 is 1.35 bits per heavy atom. The molecule has 1 unspecified atom stereocenters. The van der Waals surface area contributed by atoms with Crippen molar-refractivity contribution in [2.75, 3.05) is 18.8 Å². The highest BCUT2D eigenvalue weighted by atomic mass is 32.2. The maximum absolute atomic E-state index is 12.1. The van der Waals surface area contributed by atoms with Crippen molar-refractivity contribution in [2.45, 2.75) is 24.7 Å².